The Morgan fingerprint density at radius 1 is 1.06 bits per heavy atom. The first-order valence-corrected chi connectivity index (χ1v) is 7.69. The van der Waals surface area contributed by atoms with E-state index in [1.165, 1.54) is 32.4 Å². The van der Waals surface area contributed by atoms with Crippen molar-refractivity contribution < 1.29 is 0 Å². The van der Waals surface area contributed by atoms with Crippen LogP contribution in [0.4, 0.5) is 5.69 Å². The summed E-state index contributed by atoms with van der Waals surface area (Å²) in [4.78, 5) is 2.51. The number of nitrogens with zero attached hydrogens (tertiary/aromatic N) is 1. The van der Waals surface area contributed by atoms with Gasteiger partial charge in [0.1, 0.15) is 0 Å². The first-order valence-electron chi connectivity index (χ1n) is 6.87. The van der Waals surface area contributed by atoms with E-state index >= 15 is 0 Å². The topological polar surface area (TPSA) is 15.3 Å². The highest BCUT2D eigenvalue weighted by molar-refractivity contribution is 7.74. The molecule has 0 atom stereocenters. The number of anilines is 1. The van der Waals surface area contributed by atoms with Crippen LogP contribution < -0.4 is 5.32 Å². The summed E-state index contributed by atoms with van der Waals surface area (Å²) in [5.41, 5.74) is 2.27. The van der Waals surface area contributed by atoms with E-state index in [0.29, 0.717) is 0 Å². The highest BCUT2D eigenvalue weighted by atomic mass is 32.1. The summed E-state index contributed by atoms with van der Waals surface area (Å²) in [5.74, 6) is 0. The van der Waals surface area contributed by atoms with E-state index in [0.717, 1.165) is 33.4 Å². The van der Waals surface area contributed by atoms with Crippen LogP contribution in [0, 0.1) is 15.9 Å². The highest BCUT2D eigenvalue weighted by Gasteiger charge is 2.08. The number of unbranched alkanes of at least 4 members (excludes halogenated alkanes) is 1. The molecular formula is C14H24N2S2. The molecule has 102 valence electrons. The molecule has 0 saturated carbocycles. The van der Waals surface area contributed by atoms with Gasteiger partial charge in [-0.2, -0.15) is 0 Å². The van der Waals surface area contributed by atoms with Crippen LogP contribution in [0.15, 0.2) is 0 Å². The Labute approximate surface area is 121 Å². The fourth-order valence-corrected chi connectivity index (χ4v) is 2.72. The van der Waals surface area contributed by atoms with Gasteiger partial charge in [0.15, 0.2) is 0 Å². The molecule has 0 amide bonds. The lowest BCUT2D eigenvalue weighted by atomic mass is 10.1. The molecule has 18 heavy (non-hydrogen) atoms. The van der Waals surface area contributed by atoms with Crippen molar-refractivity contribution in [3.63, 3.8) is 0 Å². The summed E-state index contributed by atoms with van der Waals surface area (Å²) >= 11 is 10.3. The molecule has 0 heterocycles. The lowest BCUT2D eigenvalue weighted by Crippen LogP contribution is -2.25. The predicted octanol–water partition coefficient (Wildman–Crippen LogP) is 4.25. The van der Waals surface area contributed by atoms with E-state index < -0.39 is 0 Å². The van der Waals surface area contributed by atoms with Crippen molar-refractivity contribution >= 4 is 30.1 Å². The van der Waals surface area contributed by atoms with Gasteiger partial charge >= 0.3 is 0 Å². The van der Waals surface area contributed by atoms with Crippen molar-refractivity contribution in [1.29, 1.82) is 0 Å². The van der Waals surface area contributed by atoms with Crippen LogP contribution in [-0.4, -0.2) is 31.1 Å². The minimum absolute atomic E-state index is 0.851. The molecule has 0 radical (unpaired) electrons. The molecule has 1 rings (SSSR count). The minimum atomic E-state index is 0.851. The normalized spacial score (nSPS) is 11.3. The van der Waals surface area contributed by atoms with E-state index in [4.69, 9.17) is 24.4 Å². The second-order valence-electron chi connectivity index (χ2n) is 4.73. The second kappa shape index (κ2) is 7.97. The van der Waals surface area contributed by atoms with Gasteiger partial charge in [-0.05, 0) is 51.4 Å². The first kappa shape index (κ1) is 15.7. The van der Waals surface area contributed by atoms with Crippen LogP contribution >= 0.6 is 24.4 Å². The number of hydrogen-bond acceptors (Lipinski definition) is 4. The van der Waals surface area contributed by atoms with Gasteiger partial charge in [0.05, 0.1) is 14.7 Å². The summed E-state index contributed by atoms with van der Waals surface area (Å²) in [5, 5.41) is 3.41. The Hall–Kier alpha value is -0.320. The van der Waals surface area contributed by atoms with E-state index in [9.17, 15) is 0 Å². The van der Waals surface area contributed by atoms with E-state index in [-0.39, 0.29) is 0 Å². The summed E-state index contributed by atoms with van der Waals surface area (Å²) in [6.45, 7) is 11.1. The van der Waals surface area contributed by atoms with Crippen LogP contribution in [0.25, 0.3) is 0 Å². The molecule has 0 saturated heterocycles. The van der Waals surface area contributed by atoms with E-state index in [1.807, 2.05) is 6.92 Å². The van der Waals surface area contributed by atoms with Gasteiger partial charge in [-0.25, -0.2) is 0 Å². The van der Waals surface area contributed by atoms with Crippen LogP contribution in [0.1, 0.15) is 38.7 Å². The Kier molecular flexibility index (Phi) is 6.97. The minimum Gasteiger partial charge on any atom is -0.384 e. The maximum Gasteiger partial charge on any atom is 0.0795 e. The van der Waals surface area contributed by atoms with Gasteiger partial charge in [-0.1, -0.05) is 38.3 Å². The maximum atomic E-state index is 5.21. The van der Waals surface area contributed by atoms with Crippen LogP contribution in [0.2, 0.25) is 0 Å². The van der Waals surface area contributed by atoms with Gasteiger partial charge < -0.3 is 10.2 Å². The van der Waals surface area contributed by atoms with Crippen LogP contribution in [-0.2, 0) is 0 Å². The third kappa shape index (κ3) is 4.11. The molecule has 0 unspecified atom stereocenters. The molecule has 1 aromatic rings. The zero-order valence-corrected chi connectivity index (χ0v) is 13.3. The predicted molar refractivity (Wildman–Crippen MR) is 85.3 cm³/mol. The van der Waals surface area contributed by atoms with Gasteiger partial charge in [-0.15, -0.1) is 0 Å². The third-order valence-electron chi connectivity index (χ3n) is 3.34. The molecule has 0 aliphatic heterocycles. The van der Waals surface area contributed by atoms with Gasteiger partial charge in [0.25, 0.3) is 0 Å². The molecule has 0 bridgehead atoms. The maximum absolute atomic E-state index is 5.21. The molecular weight excluding hydrogens is 260 g/mol. The number of rotatable bonds is 9. The summed E-state index contributed by atoms with van der Waals surface area (Å²) in [6.07, 6.45) is 3.67. The van der Waals surface area contributed by atoms with Gasteiger partial charge in [0.2, 0.25) is 0 Å². The summed E-state index contributed by atoms with van der Waals surface area (Å²) in [6, 6.07) is 0. The Morgan fingerprint density at radius 3 is 2.33 bits per heavy atom. The zero-order valence-electron chi connectivity index (χ0n) is 11.7. The van der Waals surface area contributed by atoms with E-state index in [1.54, 1.807) is 0 Å². The molecule has 0 fully saturated rings. The lowest BCUT2D eigenvalue weighted by Gasteiger charge is -2.19. The number of nitrogens with one attached hydrogen (secondary N) is 1. The fourth-order valence-electron chi connectivity index (χ4n) is 2.14. The smallest absolute Gasteiger partial charge is 0.0795 e. The molecule has 4 heteroatoms. The lowest BCUT2D eigenvalue weighted by molar-refractivity contribution is 0.283. The van der Waals surface area contributed by atoms with Crippen molar-refractivity contribution in [3.05, 3.63) is 14.6 Å². The highest BCUT2D eigenvalue weighted by Crippen LogP contribution is 2.24. The summed E-state index contributed by atoms with van der Waals surface area (Å²) in [7, 11) is 0. The largest absolute Gasteiger partial charge is 0.384 e. The molecule has 1 aromatic carbocycles. The molecule has 0 aliphatic carbocycles. The molecule has 0 spiro atoms. The SMILES string of the molecule is CCCN(CC)CCCCNc1c(C)c(=S)c1=S. The van der Waals surface area contributed by atoms with Gasteiger partial charge in [-0.3, -0.25) is 0 Å². The molecule has 0 aromatic heterocycles. The standard InChI is InChI=1S/C14H24N2S2/c1-4-9-16(5-2)10-7-6-8-15-12-11(3)13(17)14(12)18/h15H,4-10H2,1-3H3. The van der Waals surface area contributed by atoms with Gasteiger partial charge in [0, 0.05) is 6.54 Å². The van der Waals surface area contributed by atoms with E-state index in [2.05, 4.69) is 24.1 Å². The monoisotopic (exact) mass is 284 g/mol. The molecule has 0 aliphatic rings. The zero-order chi connectivity index (χ0) is 13.5. The molecule has 1 N–H and O–H groups in total. The Morgan fingerprint density at radius 2 is 1.78 bits per heavy atom. The third-order valence-corrected chi connectivity index (χ3v) is 4.39. The van der Waals surface area contributed by atoms with Crippen molar-refractivity contribution in [2.24, 2.45) is 0 Å². The Bertz CT molecular complexity index is 433. The molecule has 2 nitrogen and oxygen atoms in total. The quantitative estimate of drug-likeness (QED) is 0.538. The van der Waals surface area contributed by atoms with Crippen molar-refractivity contribution in [2.45, 2.75) is 40.0 Å². The fraction of sp³-hybridized carbons (Fsp3) is 0.714. The average molecular weight is 284 g/mol. The van der Waals surface area contributed by atoms with Crippen molar-refractivity contribution in [3.8, 4) is 0 Å². The van der Waals surface area contributed by atoms with Crippen molar-refractivity contribution in [1.82, 2.24) is 4.90 Å². The van der Waals surface area contributed by atoms with Crippen LogP contribution in [0.3, 0.4) is 0 Å². The second-order valence-corrected chi connectivity index (χ2v) is 5.54. The van der Waals surface area contributed by atoms with Crippen molar-refractivity contribution in [2.75, 3.05) is 31.5 Å². The Balaban J connectivity index is 2.16. The summed E-state index contributed by atoms with van der Waals surface area (Å²) < 4.78 is 1.72. The number of hydrogen-bond donors (Lipinski definition) is 1. The average Bonchev–Trinajstić information content (AvgIpc) is 2.40. The van der Waals surface area contributed by atoms with Crippen LogP contribution in [0.5, 0.6) is 0 Å². The first-order chi connectivity index (χ1) is 8.61.